The largest absolute Gasteiger partial charge is 0.493 e. The second-order valence-corrected chi connectivity index (χ2v) is 16.3. The normalized spacial score (nSPS) is 16.5. The Bertz CT molecular complexity index is 1210. The van der Waals surface area contributed by atoms with Crippen molar-refractivity contribution >= 4 is 11.9 Å². The van der Waals surface area contributed by atoms with Gasteiger partial charge in [0.05, 0.1) is 65.9 Å². The van der Waals surface area contributed by atoms with Crippen LogP contribution >= 0.6 is 0 Å². The van der Waals surface area contributed by atoms with Crippen molar-refractivity contribution in [3.8, 4) is 11.5 Å². The van der Waals surface area contributed by atoms with Crippen molar-refractivity contribution < 1.29 is 43.1 Å². The number of hydrogen-bond acceptors (Lipinski definition) is 8. The van der Waals surface area contributed by atoms with Gasteiger partial charge in [-0.25, -0.2) is 0 Å². The Morgan fingerprint density at radius 1 is 0.704 bits per heavy atom. The van der Waals surface area contributed by atoms with Crippen LogP contribution in [0.3, 0.4) is 0 Å². The first kappa shape index (κ1) is 47.8. The van der Waals surface area contributed by atoms with E-state index in [1.165, 1.54) is 68.1 Å². The van der Waals surface area contributed by atoms with Crippen molar-refractivity contribution in [3.63, 3.8) is 0 Å². The maximum absolute atomic E-state index is 12.4. The molecule has 1 aliphatic rings. The van der Waals surface area contributed by atoms with Crippen molar-refractivity contribution in [1.82, 2.24) is 5.32 Å². The fourth-order valence-electron chi connectivity index (χ4n) is 7.16. The molecule has 0 aliphatic carbocycles. The average molecular weight is 764 g/mol. The lowest BCUT2D eigenvalue weighted by atomic mass is 9.83. The zero-order chi connectivity index (χ0) is 39.8. The van der Waals surface area contributed by atoms with Crippen LogP contribution in [0, 0.1) is 38.5 Å². The van der Waals surface area contributed by atoms with Gasteiger partial charge >= 0.3 is 5.97 Å². The van der Waals surface area contributed by atoms with Gasteiger partial charge in [-0.2, -0.15) is 0 Å². The third kappa shape index (κ3) is 20.0. The van der Waals surface area contributed by atoms with Crippen molar-refractivity contribution in [1.29, 1.82) is 0 Å². The minimum absolute atomic E-state index is 0.00766. The van der Waals surface area contributed by atoms with Crippen LogP contribution < -0.4 is 14.8 Å². The van der Waals surface area contributed by atoms with Crippen LogP contribution in [-0.2, 0) is 35.0 Å². The second-order valence-electron chi connectivity index (χ2n) is 16.3. The molecule has 10 nitrogen and oxygen atoms in total. The first-order chi connectivity index (χ1) is 25.8. The average Bonchev–Trinajstić information content (AvgIpc) is 3.11. The van der Waals surface area contributed by atoms with E-state index < -0.39 is 5.97 Å². The van der Waals surface area contributed by atoms with Gasteiger partial charge in [-0.05, 0) is 94.2 Å². The summed E-state index contributed by atoms with van der Waals surface area (Å²) < 4.78 is 34.6. The number of aliphatic carboxylic acids is 1. The molecule has 1 aromatic carbocycles. The van der Waals surface area contributed by atoms with Crippen LogP contribution in [0.4, 0.5) is 0 Å². The molecule has 0 radical (unpaired) electrons. The van der Waals surface area contributed by atoms with Gasteiger partial charge in [0.1, 0.15) is 17.1 Å². The molecule has 54 heavy (non-hydrogen) atoms. The van der Waals surface area contributed by atoms with E-state index in [1.807, 2.05) is 0 Å². The fourth-order valence-corrected chi connectivity index (χ4v) is 7.16. The van der Waals surface area contributed by atoms with Gasteiger partial charge in [0.15, 0.2) is 0 Å². The molecule has 0 bridgehead atoms. The lowest BCUT2D eigenvalue weighted by Crippen LogP contribution is -2.37. The zero-order valence-electron chi connectivity index (χ0n) is 35.4. The quantitative estimate of drug-likeness (QED) is 0.0693. The first-order valence-electron chi connectivity index (χ1n) is 21.1. The predicted octanol–water partition coefficient (Wildman–Crippen LogP) is 8.95. The highest BCUT2D eigenvalue weighted by atomic mass is 16.6. The van der Waals surface area contributed by atoms with E-state index in [4.69, 9.17) is 33.5 Å². The highest BCUT2D eigenvalue weighted by Gasteiger charge is 2.34. The molecular weight excluding hydrogens is 686 g/mol. The molecule has 10 heteroatoms. The molecule has 1 amide bonds. The van der Waals surface area contributed by atoms with Gasteiger partial charge in [0, 0.05) is 18.5 Å². The molecule has 1 aliphatic heterocycles. The molecular formula is C44H77NO9. The van der Waals surface area contributed by atoms with Gasteiger partial charge in [0.25, 0.3) is 0 Å². The van der Waals surface area contributed by atoms with E-state index in [1.54, 1.807) is 0 Å². The van der Waals surface area contributed by atoms with Crippen molar-refractivity contribution in [2.45, 2.75) is 151 Å². The van der Waals surface area contributed by atoms with Gasteiger partial charge in [-0.3, -0.25) is 9.59 Å². The molecule has 0 saturated carbocycles. The Morgan fingerprint density at radius 2 is 1.26 bits per heavy atom. The topological polar surface area (TPSA) is 122 Å². The number of nitrogens with one attached hydrogen (secondary N) is 1. The third-order valence-electron chi connectivity index (χ3n) is 10.8. The van der Waals surface area contributed by atoms with Gasteiger partial charge in [-0.15, -0.1) is 0 Å². The maximum atomic E-state index is 12.4. The highest BCUT2D eigenvalue weighted by molar-refractivity contribution is 5.75. The Labute approximate surface area is 328 Å². The van der Waals surface area contributed by atoms with Crippen molar-refractivity contribution in [2.24, 2.45) is 17.8 Å². The summed E-state index contributed by atoms with van der Waals surface area (Å²) in [6.45, 7) is 22.3. The summed E-state index contributed by atoms with van der Waals surface area (Å²) in [4.78, 5) is 22.8. The molecule has 1 aromatic rings. The van der Waals surface area contributed by atoms with Crippen molar-refractivity contribution in [3.05, 3.63) is 22.3 Å². The number of fused-ring (bicyclic) bond motifs is 1. The van der Waals surface area contributed by atoms with Crippen LogP contribution in [0.15, 0.2) is 0 Å². The van der Waals surface area contributed by atoms with Gasteiger partial charge < -0.3 is 38.8 Å². The molecule has 0 saturated heterocycles. The summed E-state index contributed by atoms with van der Waals surface area (Å²) in [7, 11) is 0. The number of carbonyl (C=O) groups excluding carboxylic acids is 1. The monoisotopic (exact) mass is 764 g/mol. The SMILES string of the molecule is Cc1c(C)c2c(c(C)c1OCCCC(=O)NCCOCCOCCOCCOCCC(=O)O)CC[C@@](C)(CCC[C@H](C)CCC[C@H](C)CCCC(C)C)O2. The van der Waals surface area contributed by atoms with Crippen LogP contribution in [0.5, 0.6) is 11.5 Å². The Kier molecular flexibility index (Phi) is 24.1. The summed E-state index contributed by atoms with van der Waals surface area (Å²) in [6, 6.07) is 0. The first-order valence-corrected chi connectivity index (χ1v) is 21.1. The number of carboxylic acid groups (broad SMARTS) is 1. The van der Waals surface area contributed by atoms with Gasteiger partial charge in [0.2, 0.25) is 5.91 Å². The number of rotatable bonds is 32. The van der Waals surface area contributed by atoms with Gasteiger partial charge in [-0.1, -0.05) is 72.6 Å². The van der Waals surface area contributed by atoms with E-state index in [0.29, 0.717) is 72.2 Å². The summed E-state index contributed by atoms with van der Waals surface area (Å²) in [5, 5.41) is 11.5. The molecule has 0 aromatic heterocycles. The molecule has 312 valence electrons. The molecule has 1 heterocycles. The third-order valence-corrected chi connectivity index (χ3v) is 10.8. The summed E-state index contributed by atoms with van der Waals surface area (Å²) in [5.74, 6) is 3.55. The lowest BCUT2D eigenvalue weighted by Gasteiger charge is -2.38. The Balaban J connectivity index is 1.59. The van der Waals surface area contributed by atoms with E-state index >= 15 is 0 Å². The number of benzene rings is 1. The molecule has 0 unspecified atom stereocenters. The molecule has 2 N–H and O–H groups in total. The van der Waals surface area contributed by atoms with E-state index in [-0.39, 0.29) is 24.5 Å². The molecule has 0 spiro atoms. The number of carbonyl (C=O) groups is 2. The second kappa shape index (κ2) is 27.2. The number of ether oxygens (including phenoxy) is 6. The van der Waals surface area contributed by atoms with E-state index in [0.717, 1.165) is 54.1 Å². The minimum Gasteiger partial charge on any atom is -0.493 e. The summed E-state index contributed by atoms with van der Waals surface area (Å²) >= 11 is 0. The smallest absolute Gasteiger partial charge is 0.305 e. The van der Waals surface area contributed by atoms with Crippen molar-refractivity contribution in [2.75, 3.05) is 66.0 Å². The minimum atomic E-state index is -0.876. The Morgan fingerprint density at radius 3 is 1.85 bits per heavy atom. The zero-order valence-corrected chi connectivity index (χ0v) is 35.4. The lowest BCUT2D eigenvalue weighted by molar-refractivity contribution is -0.138. The number of amides is 1. The maximum Gasteiger partial charge on any atom is 0.305 e. The van der Waals surface area contributed by atoms with Crippen LogP contribution in [-0.4, -0.2) is 88.6 Å². The van der Waals surface area contributed by atoms with E-state index in [2.05, 4.69) is 60.7 Å². The standard InChI is InChI=1S/C44H77NO9/c1-33(2)13-9-14-34(3)15-10-16-35(4)17-11-21-44(8)22-19-39-38(7)42(36(5)37(6)43(39)54-44)53-24-12-18-40(46)45-23-26-50-28-30-52-32-31-51-29-27-49-25-20-41(47)48/h33-35H,9-32H2,1-8H3,(H,45,46)(H,47,48)/t34-,35-,44-/m1/s1. The van der Waals surface area contributed by atoms with Crippen LogP contribution in [0.1, 0.15) is 140 Å². The number of carboxylic acids is 1. The van der Waals surface area contributed by atoms with E-state index in [9.17, 15) is 9.59 Å². The van der Waals surface area contributed by atoms with Crippen LogP contribution in [0.2, 0.25) is 0 Å². The Hall–Kier alpha value is -2.40. The fraction of sp³-hybridized carbons (Fsp3) is 0.818. The molecule has 0 fully saturated rings. The predicted molar refractivity (Wildman–Crippen MR) is 216 cm³/mol. The molecule has 3 atom stereocenters. The number of hydrogen-bond donors (Lipinski definition) is 2. The summed E-state index contributed by atoms with van der Waals surface area (Å²) in [6.07, 6.45) is 14.8. The van der Waals surface area contributed by atoms with Crippen LogP contribution in [0.25, 0.3) is 0 Å². The summed E-state index contributed by atoms with van der Waals surface area (Å²) in [5.41, 5.74) is 4.60. The molecule has 2 rings (SSSR count). The highest BCUT2D eigenvalue weighted by Crippen LogP contribution is 2.45.